The Balaban J connectivity index is 2.24. The molecule has 3 nitrogen and oxygen atoms in total. The first-order chi connectivity index (χ1) is 6.27. The van der Waals surface area contributed by atoms with E-state index in [-0.39, 0.29) is 0 Å². The summed E-state index contributed by atoms with van der Waals surface area (Å²) in [5.41, 5.74) is 2.39. The van der Waals surface area contributed by atoms with Gasteiger partial charge in [-0.1, -0.05) is 24.3 Å². The van der Waals surface area contributed by atoms with Gasteiger partial charge in [0.25, 0.3) is 0 Å². The first-order valence-electron chi connectivity index (χ1n) is 4.18. The molecule has 0 saturated heterocycles. The van der Waals surface area contributed by atoms with Gasteiger partial charge in [-0.05, 0) is 17.5 Å². The zero-order valence-corrected chi connectivity index (χ0v) is 7.92. The molecule has 13 heavy (non-hydrogen) atoms. The van der Waals surface area contributed by atoms with Crippen LogP contribution in [0, 0.1) is 0 Å². The van der Waals surface area contributed by atoms with Crippen molar-refractivity contribution in [3.05, 3.63) is 35.4 Å². The molecule has 1 aliphatic heterocycles. The molecule has 1 aromatic carbocycles. The molecule has 0 aliphatic carbocycles. The molecule has 0 bridgehead atoms. The molecule has 0 N–H and O–H groups in total. The van der Waals surface area contributed by atoms with Gasteiger partial charge in [-0.3, -0.25) is 4.21 Å². The SMILES string of the molecule is O=S([O-])N1CCc2ccccc2C1. The molecule has 1 heterocycles. The Morgan fingerprint density at radius 1 is 1.31 bits per heavy atom. The molecular weight excluding hydrogens is 186 g/mol. The Labute approximate surface area is 79.8 Å². The first kappa shape index (κ1) is 8.87. The van der Waals surface area contributed by atoms with Crippen molar-refractivity contribution in [3.63, 3.8) is 0 Å². The standard InChI is InChI=1S/C9H11NO2S/c11-13(12)10-6-5-8-3-1-2-4-9(8)7-10/h1-4H,5-7H2,(H,11,12)/p-1. The second kappa shape index (κ2) is 3.57. The van der Waals surface area contributed by atoms with Gasteiger partial charge in [0.1, 0.15) is 0 Å². The fraction of sp³-hybridized carbons (Fsp3) is 0.333. The topological polar surface area (TPSA) is 43.4 Å². The van der Waals surface area contributed by atoms with Crippen LogP contribution in [0.3, 0.4) is 0 Å². The lowest BCUT2D eigenvalue weighted by atomic mass is 10.0. The Morgan fingerprint density at radius 3 is 2.69 bits per heavy atom. The highest BCUT2D eigenvalue weighted by Crippen LogP contribution is 2.18. The van der Waals surface area contributed by atoms with Gasteiger partial charge in [0, 0.05) is 24.4 Å². The van der Waals surface area contributed by atoms with Crippen molar-refractivity contribution in [2.45, 2.75) is 13.0 Å². The largest absolute Gasteiger partial charge is 0.760 e. The summed E-state index contributed by atoms with van der Waals surface area (Å²) < 4.78 is 22.8. The smallest absolute Gasteiger partial charge is 0.0356 e. The molecule has 70 valence electrons. The lowest BCUT2D eigenvalue weighted by molar-refractivity contribution is 0.370. The van der Waals surface area contributed by atoms with Crippen LogP contribution in [-0.2, 0) is 24.2 Å². The second-order valence-corrected chi connectivity index (χ2v) is 4.05. The van der Waals surface area contributed by atoms with Gasteiger partial charge in [-0.15, -0.1) is 0 Å². The number of nitrogens with zero attached hydrogens (tertiary/aromatic N) is 1. The highest BCUT2D eigenvalue weighted by atomic mass is 32.2. The Bertz CT molecular complexity index is 340. The van der Waals surface area contributed by atoms with Gasteiger partial charge >= 0.3 is 0 Å². The van der Waals surface area contributed by atoms with Crippen molar-refractivity contribution in [2.75, 3.05) is 6.54 Å². The molecule has 1 atom stereocenters. The average Bonchev–Trinajstić information content (AvgIpc) is 2.17. The van der Waals surface area contributed by atoms with E-state index in [2.05, 4.69) is 6.07 Å². The van der Waals surface area contributed by atoms with E-state index in [1.165, 1.54) is 9.87 Å². The minimum atomic E-state index is -2.08. The molecule has 1 aromatic rings. The summed E-state index contributed by atoms with van der Waals surface area (Å²) >= 11 is -2.08. The third-order valence-electron chi connectivity index (χ3n) is 2.31. The van der Waals surface area contributed by atoms with Gasteiger partial charge in [-0.2, -0.15) is 0 Å². The summed E-state index contributed by atoms with van der Waals surface area (Å²) in [7, 11) is 0. The van der Waals surface area contributed by atoms with Gasteiger partial charge in [0.15, 0.2) is 0 Å². The van der Waals surface area contributed by atoms with Gasteiger partial charge in [0.05, 0.1) is 0 Å². The zero-order chi connectivity index (χ0) is 9.26. The fourth-order valence-corrected chi connectivity index (χ4v) is 2.08. The lowest BCUT2D eigenvalue weighted by Crippen LogP contribution is -2.31. The lowest BCUT2D eigenvalue weighted by Gasteiger charge is -2.29. The number of hydrogen-bond acceptors (Lipinski definition) is 2. The third-order valence-corrected chi connectivity index (χ3v) is 3.04. The van der Waals surface area contributed by atoms with Crippen molar-refractivity contribution in [1.29, 1.82) is 0 Å². The number of hydrogen-bond donors (Lipinski definition) is 0. The van der Waals surface area contributed by atoms with Crippen LogP contribution in [0.5, 0.6) is 0 Å². The minimum absolute atomic E-state index is 0.520. The quantitative estimate of drug-likeness (QED) is 0.625. The molecule has 0 aromatic heterocycles. The minimum Gasteiger partial charge on any atom is -0.760 e. The van der Waals surface area contributed by atoms with Gasteiger partial charge in [0.2, 0.25) is 0 Å². The number of benzene rings is 1. The molecule has 4 heteroatoms. The maximum atomic E-state index is 10.7. The van der Waals surface area contributed by atoms with Crippen LogP contribution < -0.4 is 0 Å². The summed E-state index contributed by atoms with van der Waals surface area (Å²) in [6.07, 6.45) is 0.824. The summed E-state index contributed by atoms with van der Waals surface area (Å²) in [6.45, 7) is 1.12. The Morgan fingerprint density at radius 2 is 2.00 bits per heavy atom. The van der Waals surface area contributed by atoms with E-state index in [1.807, 2.05) is 18.2 Å². The van der Waals surface area contributed by atoms with Crippen molar-refractivity contribution in [1.82, 2.24) is 4.31 Å². The summed E-state index contributed by atoms with van der Waals surface area (Å²) in [6, 6.07) is 7.97. The van der Waals surface area contributed by atoms with Crippen molar-refractivity contribution < 1.29 is 8.76 Å². The van der Waals surface area contributed by atoms with E-state index < -0.39 is 11.3 Å². The van der Waals surface area contributed by atoms with Gasteiger partial charge < -0.3 is 4.55 Å². The zero-order valence-electron chi connectivity index (χ0n) is 7.10. The predicted octanol–water partition coefficient (Wildman–Crippen LogP) is 0.839. The monoisotopic (exact) mass is 196 g/mol. The molecule has 0 radical (unpaired) electrons. The summed E-state index contributed by atoms with van der Waals surface area (Å²) in [4.78, 5) is 0. The molecule has 0 fully saturated rings. The average molecular weight is 196 g/mol. The number of rotatable bonds is 1. The van der Waals surface area contributed by atoms with Gasteiger partial charge in [-0.25, -0.2) is 4.31 Å². The van der Waals surface area contributed by atoms with E-state index >= 15 is 0 Å². The molecule has 0 saturated carbocycles. The van der Waals surface area contributed by atoms with E-state index in [9.17, 15) is 8.76 Å². The maximum absolute atomic E-state index is 10.7. The number of fused-ring (bicyclic) bond motifs is 1. The van der Waals surface area contributed by atoms with E-state index in [4.69, 9.17) is 0 Å². The van der Waals surface area contributed by atoms with Crippen LogP contribution in [0.25, 0.3) is 0 Å². The Kier molecular flexibility index (Phi) is 2.44. The maximum Gasteiger partial charge on any atom is 0.0356 e. The van der Waals surface area contributed by atoms with Crippen molar-refractivity contribution in [2.24, 2.45) is 0 Å². The predicted molar refractivity (Wildman–Crippen MR) is 49.5 cm³/mol. The van der Waals surface area contributed by atoms with Crippen molar-refractivity contribution >= 4 is 11.3 Å². The summed E-state index contributed by atoms with van der Waals surface area (Å²) in [5, 5.41) is 0. The molecule has 1 unspecified atom stereocenters. The van der Waals surface area contributed by atoms with E-state index in [1.54, 1.807) is 0 Å². The molecule has 0 amide bonds. The van der Waals surface area contributed by atoms with Crippen molar-refractivity contribution in [3.8, 4) is 0 Å². The van der Waals surface area contributed by atoms with Crippen LogP contribution in [-0.4, -0.2) is 19.6 Å². The molecule has 0 spiro atoms. The Hall–Kier alpha value is -0.710. The van der Waals surface area contributed by atoms with E-state index in [0.717, 1.165) is 12.0 Å². The fourth-order valence-electron chi connectivity index (χ4n) is 1.60. The molecule has 2 rings (SSSR count). The second-order valence-electron chi connectivity index (χ2n) is 3.10. The van der Waals surface area contributed by atoms with Crippen LogP contribution in [0.4, 0.5) is 0 Å². The third kappa shape index (κ3) is 1.80. The highest BCUT2D eigenvalue weighted by molar-refractivity contribution is 7.76. The van der Waals surface area contributed by atoms with Crippen LogP contribution >= 0.6 is 0 Å². The van der Waals surface area contributed by atoms with E-state index in [0.29, 0.717) is 13.1 Å². The van der Waals surface area contributed by atoms with Crippen LogP contribution in [0.2, 0.25) is 0 Å². The molecule has 1 aliphatic rings. The summed E-state index contributed by atoms with van der Waals surface area (Å²) in [5.74, 6) is 0. The normalized spacial score (nSPS) is 19.5. The van der Waals surface area contributed by atoms with Crippen LogP contribution in [0.1, 0.15) is 11.1 Å². The van der Waals surface area contributed by atoms with Crippen LogP contribution in [0.15, 0.2) is 24.3 Å². The molecular formula is C9H10NO2S-. The highest BCUT2D eigenvalue weighted by Gasteiger charge is 2.15. The first-order valence-corrected chi connectivity index (χ1v) is 5.21.